The third-order valence-electron chi connectivity index (χ3n) is 6.44. The molecule has 5 aromatic rings. The highest BCUT2D eigenvalue weighted by molar-refractivity contribution is 6.42. The van der Waals surface area contributed by atoms with E-state index in [1.165, 1.54) is 0 Å². The van der Waals surface area contributed by atoms with Crippen molar-refractivity contribution < 1.29 is 0 Å². The van der Waals surface area contributed by atoms with Gasteiger partial charge in [0.25, 0.3) is 0 Å². The summed E-state index contributed by atoms with van der Waals surface area (Å²) in [6.45, 7) is 0.516. The van der Waals surface area contributed by atoms with E-state index < -0.39 is 0 Å². The Balaban J connectivity index is 1.54. The molecule has 0 N–H and O–H groups in total. The van der Waals surface area contributed by atoms with Gasteiger partial charge in [0, 0.05) is 24.8 Å². The van der Waals surface area contributed by atoms with Crippen molar-refractivity contribution in [1.82, 2.24) is 19.9 Å². The molecule has 4 aromatic heterocycles. The molecule has 0 spiro atoms. The third kappa shape index (κ3) is 4.50. The quantitative estimate of drug-likeness (QED) is 0.245. The molecule has 0 saturated carbocycles. The zero-order valence-corrected chi connectivity index (χ0v) is 21.2. The molecule has 0 atom stereocenters. The van der Waals surface area contributed by atoms with Gasteiger partial charge in [-0.2, -0.15) is 0 Å². The zero-order valence-electron chi connectivity index (χ0n) is 19.7. The molecule has 6 nitrogen and oxygen atoms in total. The summed E-state index contributed by atoms with van der Waals surface area (Å²) in [6, 6.07) is 27.1. The number of benzene rings is 1. The Hall–Kier alpha value is -4.00. The van der Waals surface area contributed by atoms with E-state index in [-0.39, 0.29) is 12.1 Å². The Morgan fingerprint density at radius 1 is 0.514 bits per heavy atom. The number of anilines is 2. The summed E-state index contributed by atoms with van der Waals surface area (Å²) < 4.78 is 0. The van der Waals surface area contributed by atoms with E-state index >= 15 is 0 Å². The molecule has 1 aliphatic rings. The lowest BCUT2D eigenvalue weighted by molar-refractivity contribution is 0.628. The van der Waals surface area contributed by atoms with Crippen molar-refractivity contribution in [1.29, 1.82) is 0 Å². The fourth-order valence-corrected chi connectivity index (χ4v) is 5.15. The van der Waals surface area contributed by atoms with Crippen molar-refractivity contribution in [3.63, 3.8) is 0 Å². The van der Waals surface area contributed by atoms with E-state index in [9.17, 15) is 0 Å². The maximum absolute atomic E-state index is 6.58. The minimum absolute atomic E-state index is 0.253. The fraction of sp³-hybridized carbons (Fsp3) is 0.103. The van der Waals surface area contributed by atoms with E-state index in [4.69, 9.17) is 43.1 Å². The van der Waals surface area contributed by atoms with Crippen molar-refractivity contribution in [2.24, 2.45) is 0 Å². The van der Waals surface area contributed by atoms with Gasteiger partial charge in [0.2, 0.25) is 0 Å². The number of halogens is 2. The Bertz CT molecular complexity index is 1290. The largest absolute Gasteiger partial charge is 0.338 e. The fourth-order valence-electron chi connectivity index (χ4n) is 4.84. The molecule has 0 unspecified atom stereocenters. The first-order chi connectivity index (χ1) is 18.2. The van der Waals surface area contributed by atoms with Crippen LogP contribution in [-0.2, 0) is 0 Å². The number of nitrogens with zero attached hydrogens (tertiary/aromatic N) is 6. The van der Waals surface area contributed by atoms with Crippen LogP contribution in [0.2, 0.25) is 10.0 Å². The van der Waals surface area contributed by atoms with Crippen LogP contribution in [-0.4, -0.2) is 26.6 Å². The number of pyridine rings is 4. The van der Waals surface area contributed by atoms with E-state index in [1.807, 2.05) is 84.9 Å². The first-order valence-electron chi connectivity index (χ1n) is 11.9. The van der Waals surface area contributed by atoms with Gasteiger partial charge in [-0.05, 0) is 60.7 Å². The molecule has 1 aromatic carbocycles. The van der Waals surface area contributed by atoms with Crippen molar-refractivity contribution in [3.8, 4) is 0 Å². The Morgan fingerprint density at radius 3 is 1.11 bits per heavy atom. The summed E-state index contributed by atoms with van der Waals surface area (Å²) in [5.74, 6) is 0. The van der Waals surface area contributed by atoms with Gasteiger partial charge in [0.1, 0.15) is 12.1 Å². The van der Waals surface area contributed by atoms with Crippen molar-refractivity contribution in [3.05, 3.63) is 143 Å². The highest BCUT2D eigenvalue weighted by Crippen LogP contribution is 2.49. The number of fused-ring (bicyclic) bond motifs is 1. The number of hydrogen-bond acceptors (Lipinski definition) is 6. The maximum atomic E-state index is 6.58. The molecule has 182 valence electrons. The highest BCUT2D eigenvalue weighted by atomic mass is 35.5. The summed E-state index contributed by atoms with van der Waals surface area (Å²) >= 11 is 13.2. The molecule has 0 aliphatic carbocycles. The molecule has 0 amide bonds. The van der Waals surface area contributed by atoms with Gasteiger partial charge in [-0.1, -0.05) is 47.5 Å². The molecule has 37 heavy (non-hydrogen) atoms. The van der Waals surface area contributed by atoms with Gasteiger partial charge in [-0.15, -0.1) is 0 Å². The van der Waals surface area contributed by atoms with Crippen molar-refractivity contribution in [2.45, 2.75) is 12.1 Å². The third-order valence-corrected chi connectivity index (χ3v) is 7.16. The lowest BCUT2D eigenvalue weighted by Crippen LogP contribution is -2.38. The molecular weight excluding hydrogens is 503 g/mol. The lowest BCUT2D eigenvalue weighted by Gasteiger charge is -2.32. The Labute approximate surface area is 225 Å². The van der Waals surface area contributed by atoms with Crippen LogP contribution >= 0.6 is 23.2 Å². The summed E-state index contributed by atoms with van der Waals surface area (Å²) in [5.41, 5.74) is 5.40. The number of hydrogen-bond donors (Lipinski definition) is 0. The second-order valence-electron chi connectivity index (χ2n) is 8.66. The van der Waals surface area contributed by atoms with Gasteiger partial charge in [-0.25, -0.2) is 0 Å². The normalized spacial score (nSPS) is 12.9. The molecular formula is C29H22Cl2N6. The topological polar surface area (TPSA) is 58.0 Å². The van der Waals surface area contributed by atoms with E-state index in [1.54, 1.807) is 24.8 Å². The summed E-state index contributed by atoms with van der Waals surface area (Å²) in [7, 11) is 0. The van der Waals surface area contributed by atoms with Crippen molar-refractivity contribution >= 4 is 34.6 Å². The van der Waals surface area contributed by atoms with E-state index in [0.717, 1.165) is 34.2 Å². The predicted octanol–water partition coefficient (Wildman–Crippen LogP) is 6.74. The maximum Gasteiger partial charge on any atom is 0.115 e. The molecule has 1 aliphatic heterocycles. The first kappa shape index (κ1) is 23.4. The Morgan fingerprint density at radius 2 is 0.838 bits per heavy atom. The first-order valence-corrected chi connectivity index (χ1v) is 12.6. The van der Waals surface area contributed by atoms with Crippen LogP contribution in [0.15, 0.2) is 110 Å². The van der Waals surface area contributed by atoms with Crippen LogP contribution in [0.25, 0.3) is 0 Å². The monoisotopic (exact) mass is 524 g/mol. The SMILES string of the molecule is Clc1cc2c(cc1Cl)N(C(c1ccccn1)c1ccccn1)CN2C(c1ccccn1)c1ccccn1. The molecule has 0 radical (unpaired) electrons. The van der Waals surface area contributed by atoms with Crippen LogP contribution < -0.4 is 9.80 Å². The standard InChI is InChI=1S/C29H22Cl2N6/c30-20-17-26-27(18-21(20)31)37(29(24-11-3-7-15-34-24)25-12-4-8-16-35-25)19-36(26)28(22-9-1-5-13-32-22)23-10-2-6-14-33-23/h1-18,28-29H,19H2. The summed E-state index contributed by atoms with van der Waals surface area (Å²) in [4.78, 5) is 23.4. The minimum Gasteiger partial charge on any atom is -0.338 e. The second kappa shape index (κ2) is 10.2. The average Bonchev–Trinajstić information content (AvgIpc) is 3.29. The molecule has 6 rings (SSSR count). The molecule has 0 fully saturated rings. The number of aromatic nitrogens is 4. The zero-order chi connectivity index (χ0) is 25.2. The van der Waals surface area contributed by atoms with Crippen molar-refractivity contribution in [2.75, 3.05) is 16.5 Å². The molecule has 0 bridgehead atoms. The average molecular weight is 525 g/mol. The van der Waals surface area contributed by atoms with Gasteiger partial charge < -0.3 is 9.80 Å². The minimum atomic E-state index is -0.253. The molecule has 8 heteroatoms. The van der Waals surface area contributed by atoms with Gasteiger partial charge in [0.05, 0.1) is 50.9 Å². The summed E-state index contributed by atoms with van der Waals surface area (Å²) in [6.07, 6.45) is 7.22. The van der Waals surface area contributed by atoms with Gasteiger partial charge >= 0.3 is 0 Å². The van der Waals surface area contributed by atoms with Gasteiger partial charge in [0.15, 0.2) is 0 Å². The molecule has 5 heterocycles. The summed E-state index contributed by atoms with van der Waals surface area (Å²) in [5, 5.41) is 0.973. The Kier molecular flexibility index (Phi) is 6.43. The van der Waals surface area contributed by atoms with Gasteiger partial charge in [-0.3, -0.25) is 19.9 Å². The highest BCUT2D eigenvalue weighted by Gasteiger charge is 2.39. The van der Waals surface area contributed by atoms with Crippen LogP contribution in [0.5, 0.6) is 0 Å². The predicted molar refractivity (Wildman–Crippen MR) is 147 cm³/mol. The van der Waals surface area contributed by atoms with E-state index in [0.29, 0.717) is 16.7 Å². The second-order valence-corrected chi connectivity index (χ2v) is 9.47. The van der Waals surface area contributed by atoms with Crippen LogP contribution in [0.4, 0.5) is 11.4 Å². The van der Waals surface area contributed by atoms with E-state index in [2.05, 4.69) is 9.80 Å². The number of rotatable bonds is 6. The lowest BCUT2D eigenvalue weighted by atomic mass is 10.1. The van der Waals surface area contributed by atoms with Crippen LogP contribution in [0, 0.1) is 0 Å². The van der Waals surface area contributed by atoms with Crippen LogP contribution in [0.1, 0.15) is 34.9 Å². The smallest absolute Gasteiger partial charge is 0.115 e. The molecule has 0 saturated heterocycles. The van der Waals surface area contributed by atoms with Crippen LogP contribution in [0.3, 0.4) is 0 Å².